The Kier molecular flexibility index (Phi) is 3.39. The number of hydrogen-bond acceptors (Lipinski definition) is 1. The van der Waals surface area contributed by atoms with Gasteiger partial charge in [0.25, 0.3) is 0 Å². The average molecular weight is 237 g/mol. The third-order valence-electron chi connectivity index (χ3n) is 1.98. The molecule has 0 saturated carbocycles. The van der Waals surface area contributed by atoms with Gasteiger partial charge in [-0.15, -0.1) is 11.6 Å². The van der Waals surface area contributed by atoms with Crippen molar-refractivity contribution in [2.45, 2.75) is 13.1 Å². The molecule has 0 aliphatic heterocycles. The Morgan fingerprint density at radius 3 is 2.40 bits per heavy atom. The molecule has 0 fully saturated rings. The van der Waals surface area contributed by atoms with Crippen LogP contribution in [0, 0.1) is 6.92 Å². The summed E-state index contributed by atoms with van der Waals surface area (Å²) in [6, 6.07) is 2.98. The first-order chi connectivity index (χ1) is 6.86. The number of Topliss-reactive ketones (excluding diaryl/α,β-unsaturated/α-hetero) is 1. The van der Waals surface area contributed by atoms with Crippen LogP contribution >= 0.6 is 11.6 Å². The maximum atomic E-state index is 12.3. The smallest absolute Gasteiger partial charge is 0.293 e. The standard InChI is InChI=1S/C10H8ClF3O/c1-6-4-7(10(12,13)14)2-3-8(6)9(15)5-11/h2-4H,5H2,1H3. The van der Waals surface area contributed by atoms with Crippen molar-refractivity contribution in [3.63, 3.8) is 0 Å². The van der Waals surface area contributed by atoms with Gasteiger partial charge in [0, 0.05) is 5.56 Å². The molecule has 0 radical (unpaired) electrons. The second kappa shape index (κ2) is 4.23. The van der Waals surface area contributed by atoms with Gasteiger partial charge in [-0.05, 0) is 24.6 Å². The molecule has 0 heterocycles. The fraction of sp³-hybridized carbons (Fsp3) is 0.300. The van der Waals surface area contributed by atoms with Crippen LogP contribution in [0.2, 0.25) is 0 Å². The highest BCUT2D eigenvalue weighted by Crippen LogP contribution is 2.30. The van der Waals surface area contributed by atoms with Crippen LogP contribution in [0.15, 0.2) is 18.2 Å². The molecular formula is C10H8ClF3O. The topological polar surface area (TPSA) is 17.1 Å². The first kappa shape index (κ1) is 12.0. The number of hydrogen-bond donors (Lipinski definition) is 0. The van der Waals surface area contributed by atoms with Crippen molar-refractivity contribution in [3.8, 4) is 0 Å². The lowest BCUT2D eigenvalue weighted by Crippen LogP contribution is -2.08. The SMILES string of the molecule is Cc1cc(C(F)(F)F)ccc1C(=O)CCl. The Morgan fingerprint density at radius 1 is 1.40 bits per heavy atom. The lowest BCUT2D eigenvalue weighted by atomic mass is 10.0. The zero-order valence-corrected chi connectivity index (χ0v) is 8.62. The molecule has 0 aromatic heterocycles. The molecule has 5 heteroatoms. The van der Waals surface area contributed by atoms with E-state index in [1.54, 1.807) is 0 Å². The summed E-state index contributed by atoms with van der Waals surface area (Å²) < 4.78 is 36.8. The van der Waals surface area contributed by atoms with Gasteiger partial charge in [-0.25, -0.2) is 0 Å². The van der Waals surface area contributed by atoms with Gasteiger partial charge in [-0.1, -0.05) is 6.07 Å². The molecule has 1 nitrogen and oxygen atoms in total. The van der Waals surface area contributed by atoms with Crippen LogP contribution in [0.1, 0.15) is 21.5 Å². The highest BCUT2D eigenvalue weighted by atomic mass is 35.5. The van der Waals surface area contributed by atoms with Gasteiger partial charge in [0.2, 0.25) is 0 Å². The zero-order chi connectivity index (χ0) is 11.6. The summed E-state index contributed by atoms with van der Waals surface area (Å²) in [5, 5.41) is 0. The van der Waals surface area contributed by atoms with E-state index in [0.29, 0.717) is 0 Å². The Bertz CT molecular complexity index is 385. The predicted octanol–water partition coefficient (Wildman–Crippen LogP) is 3.44. The number of carbonyl (C=O) groups excluding carboxylic acids is 1. The van der Waals surface area contributed by atoms with Gasteiger partial charge < -0.3 is 0 Å². The van der Waals surface area contributed by atoms with E-state index in [4.69, 9.17) is 11.6 Å². The van der Waals surface area contributed by atoms with Crippen molar-refractivity contribution in [2.75, 3.05) is 5.88 Å². The van der Waals surface area contributed by atoms with Crippen LogP contribution in [0.3, 0.4) is 0 Å². The van der Waals surface area contributed by atoms with Crippen LogP contribution in [-0.4, -0.2) is 11.7 Å². The van der Waals surface area contributed by atoms with Gasteiger partial charge in [0.15, 0.2) is 5.78 Å². The van der Waals surface area contributed by atoms with Crippen LogP contribution < -0.4 is 0 Å². The minimum absolute atomic E-state index is 0.230. The van der Waals surface area contributed by atoms with E-state index >= 15 is 0 Å². The fourth-order valence-electron chi connectivity index (χ4n) is 1.22. The largest absolute Gasteiger partial charge is 0.416 e. The monoisotopic (exact) mass is 236 g/mol. The van der Waals surface area contributed by atoms with E-state index in [1.807, 2.05) is 0 Å². The Labute approximate surface area is 89.9 Å². The molecule has 0 bridgehead atoms. The number of ketones is 1. The predicted molar refractivity (Wildman–Crippen MR) is 51.2 cm³/mol. The van der Waals surface area contributed by atoms with Crippen molar-refractivity contribution < 1.29 is 18.0 Å². The van der Waals surface area contributed by atoms with Crippen molar-refractivity contribution in [2.24, 2.45) is 0 Å². The van der Waals surface area contributed by atoms with Gasteiger partial charge >= 0.3 is 6.18 Å². The van der Waals surface area contributed by atoms with Crippen LogP contribution in [0.25, 0.3) is 0 Å². The fourth-order valence-corrected chi connectivity index (χ4v) is 1.37. The molecule has 1 aromatic carbocycles. The quantitative estimate of drug-likeness (QED) is 0.568. The van der Waals surface area contributed by atoms with E-state index in [-0.39, 0.29) is 22.8 Å². The minimum atomic E-state index is -4.38. The summed E-state index contributed by atoms with van der Waals surface area (Å²) in [5.74, 6) is -0.602. The first-order valence-electron chi connectivity index (χ1n) is 4.13. The lowest BCUT2D eigenvalue weighted by Gasteiger charge is -2.09. The highest BCUT2D eigenvalue weighted by molar-refractivity contribution is 6.30. The molecule has 0 aliphatic carbocycles. The van der Waals surface area contributed by atoms with Gasteiger partial charge in [-0.2, -0.15) is 13.2 Å². The molecule has 0 atom stereocenters. The zero-order valence-electron chi connectivity index (χ0n) is 7.86. The van der Waals surface area contributed by atoms with E-state index in [0.717, 1.165) is 18.2 Å². The van der Waals surface area contributed by atoms with Gasteiger partial charge in [0.1, 0.15) is 0 Å². The van der Waals surface area contributed by atoms with E-state index in [1.165, 1.54) is 6.92 Å². The maximum absolute atomic E-state index is 12.3. The Morgan fingerprint density at radius 2 is 2.00 bits per heavy atom. The summed E-state index contributed by atoms with van der Waals surface area (Å²) in [5.41, 5.74) is -0.236. The molecule has 0 N–H and O–H groups in total. The van der Waals surface area contributed by atoms with Gasteiger partial charge in [-0.3, -0.25) is 4.79 Å². The number of rotatable bonds is 2. The van der Waals surface area contributed by atoms with Crippen molar-refractivity contribution >= 4 is 17.4 Å². The second-order valence-corrected chi connectivity index (χ2v) is 3.35. The van der Waals surface area contributed by atoms with E-state index < -0.39 is 11.7 Å². The number of halogens is 4. The van der Waals surface area contributed by atoms with Crippen LogP contribution in [0.4, 0.5) is 13.2 Å². The minimum Gasteiger partial charge on any atom is -0.293 e. The number of benzene rings is 1. The summed E-state index contributed by atoms with van der Waals surface area (Å²) in [6.07, 6.45) is -4.38. The Balaban J connectivity index is 3.15. The maximum Gasteiger partial charge on any atom is 0.416 e. The van der Waals surface area contributed by atoms with E-state index in [2.05, 4.69) is 0 Å². The number of alkyl halides is 4. The van der Waals surface area contributed by atoms with Gasteiger partial charge in [0.05, 0.1) is 11.4 Å². The Hall–Kier alpha value is -1.03. The summed E-state index contributed by atoms with van der Waals surface area (Å²) in [6.45, 7) is 1.45. The highest BCUT2D eigenvalue weighted by Gasteiger charge is 2.30. The van der Waals surface area contributed by atoms with Crippen molar-refractivity contribution in [3.05, 3.63) is 34.9 Å². The normalized spacial score (nSPS) is 11.5. The first-order valence-corrected chi connectivity index (χ1v) is 4.66. The van der Waals surface area contributed by atoms with Crippen molar-refractivity contribution in [1.29, 1.82) is 0 Å². The van der Waals surface area contributed by atoms with Crippen LogP contribution in [-0.2, 0) is 6.18 Å². The molecule has 0 unspecified atom stereocenters. The number of carbonyl (C=O) groups is 1. The second-order valence-electron chi connectivity index (χ2n) is 3.08. The molecule has 1 aromatic rings. The molecule has 15 heavy (non-hydrogen) atoms. The summed E-state index contributed by atoms with van der Waals surface area (Å²) >= 11 is 5.32. The summed E-state index contributed by atoms with van der Waals surface area (Å²) in [7, 11) is 0. The third kappa shape index (κ3) is 2.72. The third-order valence-corrected chi connectivity index (χ3v) is 2.22. The molecule has 82 valence electrons. The molecule has 0 saturated heterocycles. The summed E-state index contributed by atoms with van der Waals surface area (Å²) in [4.78, 5) is 11.2. The average Bonchev–Trinajstić information content (AvgIpc) is 2.15. The molecular weight excluding hydrogens is 229 g/mol. The van der Waals surface area contributed by atoms with Crippen molar-refractivity contribution in [1.82, 2.24) is 0 Å². The van der Waals surface area contributed by atoms with Crippen LogP contribution in [0.5, 0.6) is 0 Å². The molecule has 0 spiro atoms. The number of aryl methyl sites for hydroxylation is 1. The molecule has 0 aliphatic rings. The molecule has 0 amide bonds. The lowest BCUT2D eigenvalue weighted by molar-refractivity contribution is -0.137. The molecule has 1 rings (SSSR count). The van der Waals surface area contributed by atoms with E-state index in [9.17, 15) is 18.0 Å².